The first-order chi connectivity index (χ1) is 11.9. The van der Waals surface area contributed by atoms with Crippen LogP contribution in [0.2, 0.25) is 0 Å². The molecule has 1 N–H and O–H groups in total. The number of halogens is 3. The third kappa shape index (κ3) is 3.77. The first kappa shape index (κ1) is 16.9. The number of benzene rings is 2. The predicted molar refractivity (Wildman–Crippen MR) is 85.2 cm³/mol. The number of aliphatic hydroxyl groups excluding tert-OH is 1. The molecule has 2 aromatic carbocycles. The number of hydrogen-bond acceptors (Lipinski definition) is 3. The smallest absolute Gasteiger partial charge is 0.266 e. The Bertz CT molecular complexity index is 955. The van der Waals surface area contributed by atoms with Crippen molar-refractivity contribution in [2.45, 2.75) is 12.6 Å². The fourth-order valence-electron chi connectivity index (χ4n) is 2.34. The van der Waals surface area contributed by atoms with Gasteiger partial charge in [0.15, 0.2) is 11.6 Å². The first-order valence-electron chi connectivity index (χ1n) is 7.41. The van der Waals surface area contributed by atoms with Crippen molar-refractivity contribution >= 4 is 0 Å². The van der Waals surface area contributed by atoms with Gasteiger partial charge in [-0.1, -0.05) is 6.07 Å². The molecule has 0 amide bonds. The minimum absolute atomic E-state index is 0.125. The molecule has 1 heterocycles. The lowest BCUT2D eigenvalue weighted by Crippen LogP contribution is -2.25. The van der Waals surface area contributed by atoms with E-state index >= 15 is 0 Å². The van der Waals surface area contributed by atoms with Crippen LogP contribution in [0.25, 0.3) is 11.3 Å². The monoisotopic (exact) mass is 346 g/mol. The molecule has 0 saturated heterocycles. The van der Waals surface area contributed by atoms with Crippen LogP contribution in [0.3, 0.4) is 0 Å². The molecule has 0 spiro atoms. The number of aliphatic hydroxyl groups is 1. The molecule has 0 aliphatic heterocycles. The van der Waals surface area contributed by atoms with E-state index in [-0.39, 0.29) is 12.1 Å². The summed E-state index contributed by atoms with van der Waals surface area (Å²) in [5.41, 5.74) is 0.668. The average Bonchev–Trinajstić information content (AvgIpc) is 2.60. The fourth-order valence-corrected chi connectivity index (χ4v) is 2.34. The van der Waals surface area contributed by atoms with Crippen molar-refractivity contribution in [1.82, 2.24) is 9.78 Å². The zero-order valence-corrected chi connectivity index (χ0v) is 12.9. The topological polar surface area (TPSA) is 55.1 Å². The van der Waals surface area contributed by atoms with Crippen LogP contribution >= 0.6 is 0 Å². The van der Waals surface area contributed by atoms with Crippen LogP contribution in [0.5, 0.6) is 0 Å². The van der Waals surface area contributed by atoms with E-state index in [1.54, 1.807) is 0 Å². The van der Waals surface area contributed by atoms with E-state index < -0.39 is 29.1 Å². The maximum Gasteiger partial charge on any atom is 0.266 e. The zero-order chi connectivity index (χ0) is 18.0. The second kappa shape index (κ2) is 6.90. The summed E-state index contributed by atoms with van der Waals surface area (Å²) in [6, 6.07) is 11.3. The van der Waals surface area contributed by atoms with Crippen LogP contribution in [-0.2, 0) is 6.54 Å². The molecule has 1 unspecified atom stereocenters. The molecule has 3 rings (SSSR count). The molecule has 0 radical (unpaired) electrons. The Morgan fingerprint density at radius 2 is 1.68 bits per heavy atom. The molecule has 0 fully saturated rings. The quantitative estimate of drug-likeness (QED) is 0.790. The zero-order valence-electron chi connectivity index (χ0n) is 12.9. The third-order valence-electron chi connectivity index (χ3n) is 3.68. The largest absolute Gasteiger partial charge is 0.386 e. The highest BCUT2D eigenvalue weighted by molar-refractivity contribution is 5.57. The number of hydrogen-bond donors (Lipinski definition) is 1. The summed E-state index contributed by atoms with van der Waals surface area (Å²) in [4.78, 5) is 11.9. The Labute approximate surface area is 140 Å². The second-order valence-corrected chi connectivity index (χ2v) is 5.44. The van der Waals surface area contributed by atoms with E-state index in [1.165, 1.54) is 42.5 Å². The molecule has 0 bridgehead atoms. The molecule has 0 aliphatic rings. The van der Waals surface area contributed by atoms with Crippen LogP contribution in [0.4, 0.5) is 13.2 Å². The van der Waals surface area contributed by atoms with E-state index in [2.05, 4.69) is 5.10 Å². The van der Waals surface area contributed by atoms with Crippen molar-refractivity contribution in [2.75, 3.05) is 0 Å². The van der Waals surface area contributed by atoms with Crippen LogP contribution < -0.4 is 5.56 Å². The van der Waals surface area contributed by atoms with Crippen molar-refractivity contribution in [1.29, 1.82) is 0 Å². The van der Waals surface area contributed by atoms with Crippen LogP contribution in [-0.4, -0.2) is 14.9 Å². The van der Waals surface area contributed by atoms with Crippen LogP contribution in [0, 0.1) is 17.5 Å². The molecule has 0 saturated carbocycles. The highest BCUT2D eigenvalue weighted by atomic mass is 19.2. The molecule has 4 nitrogen and oxygen atoms in total. The van der Waals surface area contributed by atoms with Gasteiger partial charge >= 0.3 is 0 Å². The Balaban J connectivity index is 1.89. The number of rotatable bonds is 4. The molecular formula is C18H13F3N2O2. The lowest BCUT2D eigenvalue weighted by Gasteiger charge is -2.13. The van der Waals surface area contributed by atoms with E-state index in [0.29, 0.717) is 11.3 Å². The highest BCUT2D eigenvalue weighted by Crippen LogP contribution is 2.19. The summed E-state index contributed by atoms with van der Waals surface area (Å²) >= 11 is 0. The lowest BCUT2D eigenvalue weighted by atomic mass is 10.1. The normalized spacial score (nSPS) is 12.2. The summed E-state index contributed by atoms with van der Waals surface area (Å²) in [6.07, 6.45) is -1.25. The Kier molecular flexibility index (Phi) is 4.67. The maximum absolute atomic E-state index is 13.3. The molecule has 1 atom stereocenters. The van der Waals surface area contributed by atoms with Crippen molar-refractivity contribution in [3.05, 3.63) is 88.0 Å². The van der Waals surface area contributed by atoms with Crippen LogP contribution in [0.15, 0.2) is 59.4 Å². The number of aromatic nitrogens is 2. The minimum Gasteiger partial charge on any atom is -0.386 e. The van der Waals surface area contributed by atoms with E-state index in [9.17, 15) is 23.1 Å². The Morgan fingerprint density at radius 3 is 2.36 bits per heavy atom. The summed E-state index contributed by atoms with van der Waals surface area (Å²) in [5, 5.41) is 14.3. The van der Waals surface area contributed by atoms with Gasteiger partial charge in [0, 0.05) is 11.6 Å². The van der Waals surface area contributed by atoms with Gasteiger partial charge in [0.05, 0.1) is 18.3 Å². The van der Waals surface area contributed by atoms with Gasteiger partial charge < -0.3 is 5.11 Å². The molecule has 25 heavy (non-hydrogen) atoms. The van der Waals surface area contributed by atoms with Gasteiger partial charge in [-0.25, -0.2) is 17.9 Å². The number of nitrogens with zero attached hydrogens (tertiary/aromatic N) is 2. The predicted octanol–water partition coefficient (Wildman–Crippen LogP) is 3.06. The van der Waals surface area contributed by atoms with Gasteiger partial charge in [-0.05, 0) is 48.0 Å². The standard InChI is InChI=1S/C18H13F3N2O2/c19-13-4-1-11(2-5-13)16-7-8-18(25)23(22-16)10-17(24)12-3-6-14(20)15(21)9-12/h1-9,17,24H,10H2. The average molecular weight is 346 g/mol. The van der Waals surface area contributed by atoms with Crippen molar-refractivity contribution in [3.8, 4) is 11.3 Å². The Hall–Kier alpha value is -2.93. The highest BCUT2D eigenvalue weighted by Gasteiger charge is 2.14. The Morgan fingerprint density at radius 1 is 0.960 bits per heavy atom. The van der Waals surface area contributed by atoms with Gasteiger partial charge in [-0.2, -0.15) is 5.10 Å². The molecule has 3 aromatic rings. The van der Waals surface area contributed by atoms with Crippen molar-refractivity contribution < 1.29 is 18.3 Å². The summed E-state index contributed by atoms with van der Waals surface area (Å²) < 4.78 is 40.3. The molecule has 1 aromatic heterocycles. The maximum atomic E-state index is 13.3. The van der Waals surface area contributed by atoms with E-state index in [4.69, 9.17) is 0 Å². The fraction of sp³-hybridized carbons (Fsp3) is 0.111. The van der Waals surface area contributed by atoms with Gasteiger partial charge in [0.1, 0.15) is 5.82 Å². The second-order valence-electron chi connectivity index (χ2n) is 5.44. The van der Waals surface area contributed by atoms with Crippen LogP contribution in [0.1, 0.15) is 11.7 Å². The SMILES string of the molecule is O=c1ccc(-c2ccc(F)cc2)nn1CC(O)c1ccc(F)c(F)c1. The molecular weight excluding hydrogens is 333 g/mol. The van der Waals surface area contributed by atoms with E-state index in [0.717, 1.165) is 16.8 Å². The molecule has 7 heteroatoms. The van der Waals surface area contributed by atoms with Crippen molar-refractivity contribution in [3.63, 3.8) is 0 Å². The summed E-state index contributed by atoms with van der Waals surface area (Å²) in [6.45, 7) is -0.237. The lowest BCUT2D eigenvalue weighted by molar-refractivity contribution is 0.149. The third-order valence-corrected chi connectivity index (χ3v) is 3.68. The summed E-state index contributed by atoms with van der Waals surface area (Å²) in [7, 11) is 0. The van der Waals surface area contributed by atoms with Gasteiger partial charge in [-0.15, -0.1) is 0 Å². The molecule has 128 valence electrons. The van der Waals surface area contributed by atoms with Gasteiger partial charge in [-0.3, -0.25) is 4.79 Å². The van der Waals surface area contributed by atoms with E-state index in [1.807, 2.05) is 0 Å². The summed E-state index contributed by atoms with van der Waals surface area (Å²) in [5.74, 6) is -2.51. The first-order valence-corrected chi connectivity index (χ1v) is 7.41. The minimum atomic E-state index is -1.25. The molecule has 0 aliphatic carbocycles. The van der Waals surface area contributed by atoms with Crippen molar-refractivity contribution in [2.24, 2.45) is 0 Å². The van der Waals surface area contributed by atoms with Gasteiger partial charge in [0.2, 0.25) is 0 Å². The van der Waals surface area contributed by atoms with Gasteiger partial charge in [0.25, 0.3) is 5.56 Å².